The molecule has 6 heteroatoms. The molecule has 0 aromatic heterocycles. The monoisotopic (exact) mass is 263 g/mol. The molecule has 5 nitrogen and oxygen atoms in total. The van der Waals surface area contributed by atoms with Crippen molar-refractivity contribution in [3.05, 3.63) is 0 Å². The molecule has 100 valence electrons. The fourth-order valence-electron chi connectivity index (χ4n) is 2.08. The first kappa shape index (κ1) is 14.3. The van der Waals surface area contributed by atoms with E-state index in [-0.39, 0.29) is 23.6 Å². The summed E-state index contributed by atoms with van der Waals surface area (Å²) in [5, 5.41) is 0. The van der Waals surface area contributed by atoms with E-state index < -0.39 is 15.9 Å². The number of hydrogen-bond acceptors (Lipinski definition) is 4. The van der Waals surface area contributed by atoms with Gasteiger partial charge in [0.05, 0.1) is 24.2 Å². The molecule has 1 fully saturated rings. The van der Waals surface area contributed by atoms with E-state index in [9.17, 15) is 13.2 Å². The predicted octanol–water partition coefficient (Wildman–Crippen LogP) is 1.43. The Kier molecular flexibility index (Phi) is 4.80. The summed E-state index contributed by atoms with van der Waals surface area (Å²) in [5.74, 6) is 0.236. The smallest absolute Gasteiger partial charge is 0.410 e. The maximum absolute atomic E-state index is 11.9. The van der Waals surface area contributed by atoms with Gasteiger partial charge < -0.3 is 9.64 Å². The van der Waals surface area contributed by atoms with E-state index in [1.54, 1.807) is 11.8 Å². The normalized spacial score (nSPS) is 24.3. The van der Waals surface area contributed by atoms with E-state index in [4.69, 9.17) is 4.74 Å². The summed E-state index contributed by atoms with van der Waals surface area (Å²) >= 11 is 0. The van der Waals surface area contributed by atoms with Gasteiger partial charge in [0.25, 0.3) is 0 Å². The fraction of sp³-hybridized carbons (Fsp3) is 0.909. The van der Waals surface area contributed by atoms with Crippen molar-refractivity contribution >= 4 is 15.9 Å². The Morgan fingerprint density at radius 2 is 2.12 bits per heavy atom. The number of amides is 1. The van der Waals surface area contributed by atoms with Crippen LogP contribution in [0.2, 0.25) is 0 Å². The fourth-order valence-corrected chi connectivity index (χ4v) is 3.79. The van der Waals surface area contributed by atoms with E-state index >= 15 is 0 Å². The van der Waals surface area contributed by atoms with Crippen molar-refractivity contribution in [1.29, 1.82) is 0 Å². The average molecular weight is 263 g/mol. The molecule has 0 radical (unpaired) electrons. The zero-order valence-electron chi connectivity index (χ0n) is 10.7. The lowest BCUT2D eigenvalue weighted by molar-refractivity contribution is 0.0766. The molecule has 1 rings (SSSR count). The molecule has 1 saturated heterocycles. The maximum atomic E-state index is 11.9. The third-order valence-electron chi connectivity index (χ3n) is 3.15. The van der Waals surface area contributed by atoms with Crippen molar-refractivity contribution in [3.63, 3.8) is 0 Å². The van der Waals surface area contributed by atoms with Gasteiger partial charge in [0.15, 0.2) is 9.84 Å². The third kappa shape index (κ3) is 3.59. The molecule has 1 aliphatic heterocycles. The first-order chi connectivity index (χ1) is 7.91. The van der Waals surface area contributed by atoms with Gasteiger partial charge in [-0.25, -0.2) is 13.2 Å². The second-order valence-electron chi connectivity index (χ2n) is 4.42. The van der Waals surface area contributed by atoms with E-state index in [1.807, 2.05) is 13.8 Å². The Morgan fingerprint density at radius 1 is 1.47 bits per heavy atom. The minimum absolute atomic E-state index is 0.00681. The molecule has 0 spiro atoms. The number of sulfone groups is 1. The lowest BCUT2D eigenvalue weighted by Gasteiger charge is -2.32. The number of ether oxygens (including phenoxy) is 1. The van der Waals surface area contributed by atoms with E-state index in [2.05, 4.69) is 0 Å². The standard InChI is InChI=1S/C11H21NO4S/c1-4-9(3)12(11(13)16-5-2)10-6-7-17(14,15)8-10/h9-10H,4-8H2,1-3H3/t9-,10-/m1/s1. The van der Waals surface area contributed by atoms with Crippen LogP contribution in [-0.2, 0) is 14.6 Å². The quantitative estimate of drug-likeness (QED) is 0.769. The molecule has 2 atom stereocenters. The third-order valence-corrected chi connectivity index (χ3v) is 4.90. The molecule has 0 aromatic carbocycles. The minimum Gasteiger partial charge on any atom is -0.450 e. The van der Waals surface area contributed by atoms with Crippen molar-refractivity contribution in [1.82, 2.24) is 4.90 Å². The zero-order chi connectivity index (χ0) is 13.1. The van der Waals surface area contributed by atoms with Gasteiger partial charge >= 0.3 is 6.09 Å². The van der Waals surface area contributed by atoms with Crippen LogP contribution in [0.5, 0.6) is 0 Å². The second-order valence-corrected chi connectivity index (χ2v) is 6.65. The summed E-state index contributed by atoms with van der Waals surface area (Å²) < 4.78 is 27.9. The minimum atomic E-state index is -2.98. The highest BCUT2D eigenvalue weighted by Crippen LogP contribution is 2.21. The lowest BCUT2D eigenvalue weighted by atomic mass is 10.1. The van der Waals surface area contributed by atoms with Crippen LogP contribution in [0.15, 0.2) is 0 Å². The molecule has 1 aliphatic rings. The molecule has 1 amide bonds. The molecule has 0 aromatic rings. The van der Waals surface area contributed by atoms with Crippen molar-refractivity contribution in [2.45, 2.75) is 45.7 Å². The maximum Gasteiger partial charge on any atom is 0.410 e. The largest absolute Gasteiger partial charge is 0.450 e. The molecular formula is C11H21NO4S. The molecule has 0 unspecified atom stereocenters. The van der Waals surface area contributed by atoms with Gasteiger partial charge in [-0.3, -0.25) is 0 Å². The number of rotatable bonds is 4. The van der Waals surface area contributed by atoms with Crippen LogP contribution in [0.1, 0.15) is 33.6 Å². The Labute approximate surface area is 103 Å². The summed E-state index contributed by atoms with van der Waals surface area (Å²) in [6, 6.07) is -0.221. The number of nitrogens with zero attached hydrogens (tertiary/aromatic N) is 1. The van der Waals surface area contributed by atoms with Crippen LogP contribution >= 0.6 is 0 Å². The molecule has 0 aliphatic carbocycles. The summed E-state index contributed by atoms with van der Waals surface area (Å²) in [5.41, 5.74) is 0. The Bertz CT molecular complexity index is 366. The zero-order valence-corrected chi connectivity index (χ0v) is 11.5. The van der Waals surface area contributed by atoms with Crippen molar-refractivity contribution in [3.8, 4) is 0 Å². The van der Waals surface area contributed by atoms with Gasteiger partial charge in [-0.1, -0.05) is 6.92 Å². The van der Waals surface area contributed by atoms with Crippen molar-refractivity contribution in [2.24, 2.45) is 0 Å². The van der Waals surface area contributed by atoms with Gasteiger partial charge in [-0.15, -0.1) is 0 Å². The van der Waals surface area contributed by atoms with Gasteiger partial charge in [0.2, 0.25) is 0 Å². The van der Waals surface area contributed by atoms with Crippen LogP contribution in [-0.4, -0.2) is 49.6 Å². The highest BCUT2D eigenvalue weighted by Gasteiger charge is 2.37. The van der Waals surface area contributed by atoms with E-state index in [1.165, 1.54) is 0 Å². The summed E-state index contributed by atoms with van der Waals surface area (Å²) in [7, 11) is -2.98. The first-order valence-corrected chi connectivity index (χ1v) is 7.89. The van der Waals surface area contributed by atoms with Gasteiger partial charge in [0, 0.05) is 6.04 Å². The summed E-state index contributed by atoms with van der Waals surface area (Å²) in [6.45, 7) is 5.95. The molecule has 0 bridgehead atoms. The summed E-state index contributed by atoms with van der Waals surface area (Å²) in [4.78, 5) is 13.4. The van der Waals surface area contributed by atoms with Gasteiger partial charge in [-0.2, -0.15) is 0 Å². The molecule has 17 heavy (non-hydrogen) atoms. The highest BCUT2D eigenvalue weighted by atomic mass is 32.2. The molecule has 1 heterocycles. The molecular weight excluding hydrogens is 242 g/mol. The Morgan fingerprint density at radius 3 is 2.53 bits per heavy atom. The number of carbonyl (C=O) groups is 1. The highest BCUT2D eigenvalue weighted by molar-refractivity contribution is 7.91. The van der Waals surface area contributed by atoms with Gasteiger partial charge in [-0.05, 0) is 26.7 Å². The Hall–Kier alpha value is -0.780. The predicted molar refractivity (Wildman–Crippen MR) is 65.7 cm³/mol. The van der Waals surface area contributed by atoms with Crippen molar-refractivity contribution < 1.29 is 17.9 Å². The van der Waals surface area contributed by atoms with Crippen LogP contribution in [0.4, 0.5) is 4.79 Å². The van der Waals surface area contributed by atoms with Gasteiger partial charge in [0.1, 0.15) is 0 Å². The first-order valence-electron chi connectivity index (χ1n) is 6.06. The second kappa shape index (κ2) is 5.71. The SMILES string of the molecule is CCOC(=O)N([C@@H]1CCS(=O)(=O)C1)[C@H](C)CC. The number of carbonyl (C=O) groups excluding carboxylic acids is 1. The molecule has 0 N–H and O–H groups in total. The van der Waals surface area contributed by atoms with Crippen LogP contribution in [0, 0.1) is 0 Å². The topological polar surface area (TPSA) is 63.7 Å². The average Bonchev–Trinajstić information content (AvgIpc) is 2.59. The number of hydrogen-bond donors (Lipinski definition) is 0. The van der Waals surface area contributed by atoms with Crippen LogP contribution in [0.25, 0.3) is 0 Å². The van der Waals surface area contributed by atoms with E-state index in [0.717, 1.165) is 6.42 Å². The summed E-state index contributed by atoms with van der Waals surface area (Å²) in [6.07, 6.45) is 0.907. The lowest BCUT2D eigenvalue weighted by Crippen LogP contribution is -2.46. The van der Waals surface area contributed by atoms with E-state index in [0.29, 0.717) is 13.0 Å². The van der Waals surface area contributed by atoms with Crippen LogP contribution in [0.3, 0.4) is 0 Å². The van der Waals surface area contributed by atoms with Crippen LogP contribution < -0.4 is 0 Å². The molecule has 0 saturated carbocycles. The Balaban J connectivity index is 2.80. The van der Waals surface area contributed by atoms with Crippen molar-refractivity contribution in [2.75, 3.05) is 18.1 Å².